The summed E-state index contributed by atoms with van der Waals surface area (Å²) in [5.74, 6) is -0.933. The molecule has 1 heterocycles. The third kappa shape index (κ3) is 1.10. The molecule has 2 rings (SSSR count). The van der Waals surface area contributed by atoms with Gasteiger partial charge in [-0.1, -0.05) is 26.0 Å². The van der Waals surface area contributed by atoms with Gasteiger partial charge in [0.05, 0.1) is 11.8 Å². The molecule has 0 amide bonds. The summed E-state index contributed by atoms with van der Waals surface area (Å²) in [6, 6.07) is 0. The molecule has 2 aliphatic rings. The normalized spacial score (nSPS) is 43.2. The van der Waals surface area contributed by atoms with E-state index in [0.717, 1.165) is 0 Å². The molecule has 0 bridgehead atoms. The Morgan fingerprint density at radius 1 is 1.00 bits per heavy atom. The number of carbonyl (C=O) groups is 2. The van der Waals surface area contributed by atoms with Crippen LogP contribution in [0.15, 0.2) is 12.2 Å². The molecule has 0 aromatic carbocycles. The lowest BCUT2D eigenvalue weighted by Gasteiger charge is -2.26. The minimum absolute atomic E-state index is 0.125. The van der Waals surface area contributed by atoms with Crippen LogP contribution in [0.2, 0.25) is 0 Å². The fourth-order valence-corrected chi connectivity index (χ4v) is 2.20. The molecule has 1 aliphatic carbocycles. The van der Waals surface area contributed by atoms with Gasteiger partial charge in [0.25, 0.3) is 0 Å². The van der Waals surface area contributed by atoms with Gasteiger partial charge < -0.3 is 4.74 Å². The summed E-state index contributed by atoms with van der Waals surface area (Å²) in [7, 11) is 0. The average molecular weight is 180 g/mol. The Bertz CT molecular complexity index is 265. The van der Waals surface area contributed by atoms with Gasteiger partial charge in [0, 0.05) is 0 Å². The van der Waals surface area contributed by atoms with E-state index < -0.39 is 0 Å². The van der Waals surface area contributed by atoms with E-state index in [1.807, 2.05) is 26.0 Å². The number of cyclic esters (lactones) is 2. The summed E-state index contributed by atoms with van der Waals surface area (Å²) in [5.41, 5.74) is 0. The summed E-state index contributed by atoms with van der Waals surface area (Å²) in [4.78, 5) is 22.6. The second-order valence-corrected chi connectivity index (χ2v) is 3.89. The number of hydrogen-bond donors (Lipinski definition) is 0. The number of fused-ring (bicyclic) bond motifs is 1. The zero-order chi connectivity index (χ0) is 9.59. The van der Waals surface area contributed by atoms with Gasteiger partial charge in [0.1, 0.15) is 0 Å². The second kappa shape index (κ2) is 2.69. The van der Waals surface area contributed by atoms with Gasteiger partial charge in [-0.15, -0.1) is 0 Å². The van der Waals surface area contributed by atoms with Crippen LogP contribution in [0.5, 0.6) is 0 Å². The Morgan fingerprint density at radius 2 is 1.38 bits per heavy atom. The van der Waals surface area contributed by atoms with Gasteiger partial charge in [-0.05, 0) is 11.8 Å². The van der Waals surface area contributed by atoms with E-state index in [0.29, 0.717) is 0 Å². The molecule has 1 saturated heterocycles. The van der Waals surface area contributed by atoms with Crippen LogP contribution in [0.3, 0.4) is 0 Å². The molecule has 0 N–H and O–H groups in total. The van der Waals surface area contributed by atoms with Crippen molar-refractivity contribution in [1.82, 2.24) is 0 Å². The van der Waals surface area contributed by atoms with E-state index in [-0.39, 0.29) is 35.6 Å². The van der Waals surface area contributed by atoms with E-state index in [4.69, 9.17) is 0 Å². The molecule has 1 aliphatic heterocycles. The Balaban J connectivity index is 2.38. The first-order chi connectivity index (χ1) is 6.11. The molecule has 3 nitrogen and oxygen atoms in total. The Labute approximate surface area is 76.8 Å². The quantitative estimate of drug-likeness (QED) is 0.319. The van der Waals surface area contributed by atoms with Crippen molar-refractivity contribution in [3.8, 4) is 0 Å². The largest absolute Gasteiger partial charge is 0.393 e. The van der Waals surface area contributed by atoms with E-state index >= 15 is 0 Å². The summed E-state index contributed by atoms with van der Waals surface area (Å²) in [6.45, 7) is 3.89. The molecular formula is C10H12O3. The lowest BCUT2D eigenvalue weighted by Crippen LogP contribution is -2.31. The fourth-order valence-electron chi connectivity index (χ4n) is 2.20. The monoisotopic (exact) mass is 180 g/mol. The van der Waals surface area contributed by atoms with E-state index in [2.05, 4.69) is 4.74 Å². The van der Waals surface area contributed by atoms with E-state index in [1.165, 1.54) is 0 Å². The first-order valence-electron chi connectivity index (χ1n) is 4.55. The summed E-state index contributed by atoms with van der Waals surface area (Å²) >= 11 is 0. The number of ether oxygens (including phenoxy) is 1. The highest BCUT2D eigenvalue weighted by molar-refractivity contribution is 5.97. The predicted octanol–water partition coefficient (Wildman–Crippen LogP) is 1.14. The smallest absolute Gasteiger partial charge is 0.318 e. The van der Waals surface area contributed by atoms with Crippen molar-refractivity contribution in [1.29, 1.82) is 0 Å². The molecule has 1 fully saturated rings. The SMILES string of the molecule is C[C@@H]1C=C[C@H](C)[C@H]2C(=O)OC(=O)[C@H]21. The molecule has 0 saturated carbocycles. The van der Waals surface area contributed by atoms with E-state index in [1.54, 1.807) is 0 Å². The number of esters is 2. The molecule has 13 heavy (non-hydrogen) atoms. The van der Waals surface area contributed by atoms with Gasteiger partial charge in [-0.3, -0.25) is 9.59 Å². The molecule has 0 radical (unpaired) electrons. The van der Waals surface area contributed by atoms with Gasteiger partial charge >= 0.3 is 11.9 Å². The van der Waals surface area contributed by atoms with Crippen LogP contribution < -0.4 is 0 Å². The van der Waals surface area contributed by atoms with Crippen LogP contribution in [0.4, 0.5) is 0 Å². The maximum Gasteiger partial charge on any atom is 0.318 e. The molecular weight excluding hydrogens is 168 g/mol. The molecule has 0 aromatic heterocycles. The van der Waals surface area contributed by atoms with Crippen molar-refractivity contribution in [3.63, 3.8) is 0 Å². The Kier molecular flexibility index (Phi) is 1.75. The predicted molar refractivity (Wildman–Crippen MR) is 45.5 cm³/mol. The van der Waals surface area contributed by atoms with Crippen LogP contribution in [-0.4, -0.2) is 11.9 Å². The number of hydrogen-bond acceptors (Lipinski definition) is 3. The van der Waals surface area contributed by atoms with E-state index in [9.17, 15) is 9.59 Å². The van der Waals surface area contributed by atoms with Crippen LogP contribution in [0.25, 0.3) is 0 Å². The van der Waals surface area contributed by atoms with Gasteiger partial charge in [0.15, 0.2) is 0 Å². The van der Waals surface area contributed by atoms with Gasteiger partial charge in [0.2, 0.25) is 0 Å². The second-order valence-electron chi connectivity index (χ2n) is 3.89. The average Bonchev–Trinajstić information content (AvgIpc) is 2.36. The lowest BCUT2D eigenvalue weighted by atomic mass is 9.73. The maximum absolute atomic E-state index is 11.3. The van der Waals surface area contributed by atoms with Gasteiger partial charge in [-0.2, -0.15) is 0 Å². The third-order valence-corrected chi connectivity index (χ3v) is 2.98. The topological polar surface area (TPSA) is 43.4 Å². The minimum Gasteiger partial charge on any atom is -0.393 e. The van der Waals surface area contributed by atoms with Crippen molar-refractivity contribution in [2.75, 3.05) is 0 Å². The number of rotatable bonds is 0. The van der Waals surface area contributed by atoms with Crippen molar-refractivity contribution in [2.45, 2.75) is 13.8 Å². The minimum atomic E-state index is -0.348. The molecule has 0 unspecified atom stereocenters. The number of allylic oxidation sites excluding steroid dienone is 2. The first kappa shape index (κ1) is 8.48. The summed E-state index contributed by atoms with van der Waals surface area (Å²) in [5, 5.41) is 0. The van der Waals surface area contributed by atoms with Crippen molar-refractivity contribution < 1.29 is 14.3 Å². The molecule has 0 aromatic rings. The van der Waals surface area contributed by atoms with Crippen LogP contribution in [-0.2, 0) is 14.3 Å². The molecule has 70 valence electrons. The van der Waals surface area contributed by atoms with Crippen molar-refractivity contribution in [3.05, 3.63) is 12.2 Å². The third-order valence-electron chi connectivity index (χ3n) is 2.98. The number of carbonyl (C=O) groups excluding carboxylic acids is 2. The molecule has 3 heteroatoms. The Hall–Kier alpha value is -1.12. The molecule has 4 atom stereocenters. The van der Waals surface area contributed by atoms with Crippen molar-refractivity contribution >= 4 is 11.9 Å². The van der Waals surface area contributed by atoms with Gasteiger partial charge in [-0.25, -0.2) is 0 Å². The highest BCUT2D eigenvalue weighted by Crippen LogP contribution is 2.39. The fraction of sp³-hybridized carbons (Fsp3) is 0.600. The zero-order valence-corrected chi connectivity index (χ0v) is 7.69. The maximum atomic E-state index is 11.3. The van der Waals surface area contributed by atoms with Crippen LogP contribution in [0, 0.1) is 23.7 Å². The molecule has 0 spiro atoms. The zero-order valence-electron chi connectivity index (χ0n) is 7.69. The highest BCUT2D eigenvalue weighted by atomic mass is 16.6. The summed E-state index contributed by atoms with van der Waals surface area (Å²) in [6.07, 6.45) is 3.98. The standard InChI is InChI=1S/C10H12O3/c1-5-3-4-6(2)8-7(5)9(11)13-10(8)12/h3-8H,1-2H3/t5-,6+,7+,8-. The van der Waals surface area contributed by atoms with Crippen LogP contribution >= 0.6 is 0 Å². The Morgan fingerprint density at radius 3 is 1.77 bits per heavy atom. The highest BCUT2D eigenvalue weighted by Gasteiger charge is 2.49. The first-order valence-corrected chi connectivity index (χ1v) is 4.55. The summed E-state index contributed by atoms with van der Waals surface area (Å²) < 4.78 is 4.63. The van der Waals surface area contributed by atoms with Crippen molar-refractivity contribution in [2.24, 2.45) is 23.7 Å². The van der Waals surface area contributed by atoms with Crippen LogP contribution in [0.1, 0.15) is 13.8 Å². The lowest BCUT2D eigenvalue weighted by molar-refractivity contribution is -0.154.